The van der Waals surface area contributed by atoms with Gasteiger partial charge in [-0.15, -0.1) is 12.4 Å². The molecule has 0 atom stereocenters. The number of rotatable bonds is 4. The Morgan fingerprint density at radius 1 is 1.38 bits per heavy atom. The average molecular weight is 201 g/mol. The van der Waals surface area contributed by atoms with Crippen LogP contribution in [0, 0.1) is 0 Å². The summed E-state index contributed by atoms with van der Waals surface area (Å²) in [5.74, 6) is 6.01. The quantitative estimate of drug-likeness (QED) is 0.444. The third-order valence-corrected chi connectivity index (χ3v) is 1.39. The lowest BCUT2D eigenvalue weighted by molar-refractivity contribution is 0.363. The summed E-state index contributed by atoms with van der Waals surface area (Å²) >= 11 is 0. The summed E-state index contributed by atoms with van der Waals surface area (Å²) in [4.78, 5) is 0. The molecule has 1 rings (SSSR count). The summed E-state index contributed by atoms with van der Waals surface area (Å²) in [5.41, 5.74) is 3.40. The maximum atomic E-state index is 5.27. The number of hydrogen-bond donors (Lipinski definition) is 2. The summed E-state index contributed by atoms with van der Waals surface area (Å²) in [7, 11) is 0. The van der Waals surface area contributed by atoms with Gasteiger partial charge < -0.3 is 10.2 Å². The van der Waals surface area contributed by atoms with Crippen molar-refractivity contribution >= 4 is 18.1 Å². The van der Waals surface area contributed by atoms with Crippen LogP contribution in [-0.2, 0) is 0 Å². The fraction of sp³-hybridized carbons (Fsp3) is 0.111. The second-order valence-electron chi connectivity index (χ2n) is 2.27. The van der Waals surface area contributed by atoms with E-state index in [9.17, 15) is 0 Å². The van der Waals surface area contributed by atoms with Crippen LogP contribution in [0.25, 0.3) is 0 Å². The molecule has 0 saturated carbocycles. The van der Waals surface area contributed by atoms with Crippen LogP contribution < -0.4 is 16.0 Å². The number of benzene rings is 1. The van der Waals surface area contributed by atoms with Crippen LogP contribution in [0.2, 0.25) is 0 Å². The van der Waals surface area contributed by atoms with E-state index in [2.05, 4.69) is 12.0 Å². The number of hydrogen-bond acceptors (Lipinski definition) is 3. The minimum atomic E-state index is 0. The number of ether oxygens (including phenoxy) is 1. The molecule has 0 spiro atoms. The zero-order valence-electron chi connectivity index (χ0n) is 7.19. The van der Waals surface area contributed by atoms with E-state index in [1.807, 2.05) is 24.3 Å². The lowest BCUT2D eigenvalue weighted by Gasteiger charge is -2.03. The highest BCUT2D eigenvalue weighted by Gasteiger charge is 1.91. The lowest BCUT2D eigenvalue weighted by Crippen LogP contribution is -2.06. The summed E-state index contributed by atoms with van der Waals surface area (Å²) in [6.45, 7) is 4.08. The molecule has 1 aromatic rings. The van der Waals surface area contributed by atoms with Gasteiger partial charge in [-0.2, -0.15) is 0 Å². The van der Waals surface area contributed by atoms with Gasteiger partial charge in [-0.05, 0) is 24.3 Å². The van der Waals surface area contributed by atoms with Crippen molar-refractivity contribution in [2.45, 2.75) is 0 Å². The van der Waals surface area contributed by atoms with E-state index < -0.39 is 0 Å². The molecule has 72 valence electrons. The van der Waals surface area contributed by atoms with Crippen molar-refractivity contribution in [3.05, 3.63) is 36.9 Å². The summed E-state index contributed by atoms with van der Waals surface area (Å²) in [6, 6.07) is 7.38. The summed E-state index contributed by atoms with van der Waals surface area (Å²) < 4.78 is 5.27. The first-order valence-electron chi connectivity index (χ1n) is 3.67. The molecule has 0 aromatic heterocycles. The Labute approximate surface area is 84.0 Å². The summed E-state index contributed by atoms with van der Waals surface area (Å²) in [6.07, 6.45) is 1.70. The predicted molar refractivity (Wildman–Crippen MR) is 57.2 cm³/mol. The predicted octanol–water partition coefficient (Wildman–Crippen LogP) is 1.96. The third-order valence-electron chi connectivity index (χ3n) is 1.39. The van der Waals surface area contributed by atoms with Gasteiger partial charge in [-0.1, -0.05) is 12.7 Å². The molecule has 0 bridgehead atoms. The van der Waals surface area contributed by atoms with E-state index in [-0.39, 0.29) is 12.4 Å². The first-order valence-corrected chi connectivity index (χ1v) is 3.67. The van der Waals surface area contributed by atoms with Gasteiger partial charge in [0.15, 0.2) is 0 Å². The molecule has 13 heavy (non-hydrogen) atoms. The minimum Gasteiger partial charge on any atom is -0.490 e. The van der Waals surface area contributed by atoms with Crippen LogP contribution in [0.4, 0.5) is 5.69 Å². The topological polar surface area (TPSA) is 47.3 Å². The molecule has 4 heteroatoms. The molecular weight excluding hydrogens is 188 g/mol. The lowest BCUT2D eigenvalue weighted by atomic mass is 10.3. The molecule has 0 saturated heterocycles. The van der Waals surface area contributed by atoms with Crippen LogP contribution in [0.15, 0.2) is 36.9 Å². The first kappa shape index (κ1) is 11.8. The van der Waals surface area contributed by atoms with E-state index in [4.69, 9.17) is 10.6 Å². The number of nitrogens with one attached hydrogen (secondary N) is 1. The minimum absolute atomic E-state index is 0. The van der Waals surface area contributed by atoms with Crippen molar-refractivity contribution in [2.75, 3.05) is 12.0 Å². The molecule has 0 unspecified atom stereocenters. The van der Waals surface area contributed by atoms with Crippen molar-refractivity contribution in [1.82, 2.24) is 0 Å². The second kappa shape index (κ2) is 6.34. The van der Waals surface area contributed by atoms with Crippen molar-refractivity contribution in [3.8, 4) is 5.75 Å². The first-order chi connectivity index (χ1) is 5.86. The van der Waals surface area contributed by atoms with E-state index in [0.29, 0.717) is 6.61 Å². The molecule has 3 nitrogen and oxygen atoms in total. The van der Waals surface area contributed by atoms with E-state index in [1.165, 1.54) is 0 Å². The van der Waals surface area contributed by atoms with Crippen molar-refractivity contribution < 1.29 is 4.74 Å². The molecule has 0 aliphatic rings. The van der Waals surface area contributed by atoms with E-state index in [0.717, 1.165) is 11.4 Å². The molecular formula is C9H13ClN2O. The van der Waals surface area contributed by atoms with Gasteiger partial charge in [0.25, 0.3) is 0 Å². The largest absolute Gasteiger partial charge is 0.490 e. The Balaban J connectivity index is 0.00000144. The Bertz CT molecular complexity index is 248. The molecule has 0 fully saturated rings. The maximum absolute atomic E-state index is 5.27. The monoisotopic (exact) mass is 200 g/mol. The van der Waals surface area contributed by atoms with Gasteiger partial charge in [0, 0.05) is 5.69 Å². The maximum Gasteiger partial charge on any atom is 0.119 e. The molecule has 3 N–H and O–H groups in total. The second-order valence-corrected chi connectivity index (χ2v) is 2.27. The zero-order valence-corrected chi connectivity index (χ0v) is 8.01. The van der Waals surface area contributed by atoms with Crippen LogP contribution in [0.5, 0.6) is 5.75 Å². The van der Waals surface area contributed by atoms with Crippen LogP contribution in [0.1, 0.15) is 0 Å². The molecule has 0 amide bonds. The third kappa shape index (κ3) is 3.83. The highest BCUT2D eigenvalue weighted by Crippen LogP contribution is 2.14. The van der Waals surface area contributed by atoms with E-state index >= 15 is 0 Å². The molecule has 0 aliphatic heterocycles. The van der Waals surface area contributed by atoms with Crippen molar-refractivity contribution in [2.24, 2.45) is 5.84 Å². The number of anilines is 1. The molecule has 0 radical (unpaired) electrons. The number of nitrogens with two attached hydrogens (primary N) is 1. The Morgan fingerprint density at radius 2 is 2.00 bits per heavy atom. The van der Waals surface area contributed by atoms with E-state index in [1.54, 1.807) is 6.08 Å². The van der Waals surface area contributed by atoms with Gasteiger partial charge in [0.1, 0.15) is 12.4 Å². The Kier molecular flexibility index (Phi) is 5.76. The van der Waals surface area contributed by atoms with Gasteiger partial charge in [0.2, 0.25) is 0 Å². The highest BCUT2D eigenvalue weighted by molar-refractivity contribution is 5.85. The molecule has 0 aliphatic carbocycles. The highest BCUT2D eigenvalue weighted by atomic mass is 35.5. The average Bonchev–Trinajstić information content (AvgIpc) is 2.15. The van der Waals surface area contributed by atoms with Gasteiger partial charge in [-0.3, -0.25) is 5.84 Å². The summed E-state index contributed by atoms with van der Waals surface area (Å²) in [5, 5.41) is 0. The molecule has 0 heterocycles. The SMILES string of the molecule is C=CCOc1ccc(NN)cc1.Cl. The van der Waals surface area contributed by atoms with Gasteiger partial charge in [0.05, 0.1) is 0 Å². The standard InChI is InChI=1S/C9H12N2O.ClH/c1-2-7-12-9-5-3-8(11-10)4-6-9;/h2-6,11H,1,7,10H2;1H. The van der Waals surface area contributed by atoms with Crippen LogP contribution in [0.3, 0.4) is 0 Å². The number of hydrazine groups is 1. The fourth-order valence-corrected chi connectivity index (χ4v) is 0.803. The normalized spacial score (nSPS) is 8.38. The van der Waals surface area contributed by atoms with Crippen molar-refractivity contribution in [1.29, 1.82) is 0 Å². The smallest absolute Gasteiger partial charge is 0.119 e. The fourth-order valence-electron chi connectivity index (χ4n) is 0.803. The van der Waals surface area contributed by atoms with Gasteiger partial charge in [-0.25, -0.2) is 0 Å². The van der Waals surface area contributed by atoms with Crippen LogP contribution in [-0.4, -0.2) is 6.61 Å². The Hall–Kier alpha value is -1.19. The molecule has 1 aromatic carbocycles. The van der Waals surface area contributed by atoms with Gasteiger partial charge >= 0.3 is 0 Å². The van der Waals surface area contributed by atoms with Crippen molar-refractivity contribution in [3.63, 3.8) is 0 Å². The van der Waals surface area contributed by atoms with Crippen LogP contribution >= 0.6 is 12.4 Å². The zero-order chi connectivity index (χ0) is 8.81. The Morgan fingerprint density at radius 3 is 2.46 bits per heavy atom. The number of halogens is 1. The number of nitrogen functional groups attached to an aromatic ring is 1.